The summed E-state index contributed by atoms with van der Waals surface area (Å²) in [4.78, 5) is 17.2. The maximum atomic E-state index is 12.6. The summed E-state index contributed by atoms with van der Waals surface area (Å²) in [6, 6.07) is 17.3. The first-order valence-electron chi connectivity index (χ1n) is 9.43. The fourth-order valence-corrected chi connectivity index (χ4v) is 3.49. The van der Waals surface area contributed by atoms with Gasteiger partial charge in [-0.05, 0) is 49.0 Å². The minimum absolute atomic E-state index is 0.00374. The van der Waals surface area contributed by atoms with Crippen molar-refractivity contribution in [2.75, 3.05) is 20.3 Å². The molecule has 1 atom stereocenters. The van der Waals surface area contributed by atoms with Crippen LogP contribution >= 0.6 is 12.2 Å². The Balaban J connectivity index is 1.81. The molecule has 7 heteroatoms. The van der Waals surface area contributed by atoms with Crippen molar-refractivity contribution in [3.05, 3.63) is 76.1 Å². The van der Waals surface area contributed by atoms with Crippen molar-refractivity contribution in [3.8, 4) is 5.75 Å². The summed E-state index contributed by atoms with van der Waals surface area (Å²) in [6.45, 7) is 2.56. The molecule has 0 amide bonds. The van der Waals surface area contributed by atoms with Gasteiger partial charge < -0.3 is 25.0 Å². The van der Waals surface area contributed by atoms with E-state index in [2.05, 4.69) is 10.3 Å². The SMILES string of the molecule is COc1ccc2[nH]c(=O)c(CN(CCO)C(=S)NC(C)c3ccccc3)cc2c1. The van der Waals surface area contributed by atoms with E-state index in [1.165, 1.54) is 0 Å². The summed E-state index contributed by atoms with van der Waals surface area (Å²) >= 11 is 5.57. The number of aliphatic hydroxyl groups excluding tert-OH is 1. The number of pyridine rings is 1. The summed E-state index contributed by atoms with van der Waals surface area (Å²) in [5.74, 6) is 0.719. The highest BCUT2D eigenvalue weighted by Crippen LogP contribution is 2.19. The van der Waals surface area contributed by atoms with Gasteiger partial charge in [0.15, 0.2) is 5.11 Å². The molecular weight excluding hydrogens is 386 g/mol. The molecule has 0 aliphatic carbocycles. The normalized spacial score (nSPS) is 11.8. The maximum absolute atomic E-state index is 12.6. The first-order chi connectivity index (χ1) is 14.0. The average Bonchev–Trinajstić information content (AvgIpc) is 2.74. The van der Waals surface area contributed by atoms with Gasteiger partial charge in [-0.2, -0.15) is 0 Å². The highest BCUT2D eigenvalue weighted by Gasteiger charge is 2.15. The highest BCUT2D eigenvalue weighted by atomic mass is 32.1. The fraction of sp³-hybridized carbons (Fsp3) is 0.273. The van der Waals surface area contributed by atoms with Crippen molar-refractivity contribution < 1.29 is 9.84 Å². The molecule has 0 spiro atoms. The molecule has 3 rings (SSSR count). The lowest BCUT2D eigenvalue weighted by molar-refractivity contribution is 0.244. The molecule has 0 bridgehead atoms. The number of hydrogen-bond donors (Lipinski definition) is 3. The fourth-order valence-electron chi connectivity index (χ4n) is 3.15. The molecule has 0 saturated heterocycles. The Morgan fingerprint density at radius 2 is 2.00 bits per heavy atom. The third-order valence-electron chi connectivity index (χ3n) is 4.79. The Hall–Kier alpha value is -2.90. The molecule has 0 aliphatic heterocycles. The summed E-state index contributed by atoms with van der Waals surface area (Å²) in [5, 5.41) is 14.1. The van der Waals surface area contributed by atoms with Crippen LogP contribution in [-0.4, -0.2) is 40.4 Å². The zero-order valence-electron chi connectivity index (χ0n) is 16.5. The number of rotatable bonds is 7. The van der Waals surface area contributed by atoms with E-state index in [-0.39, 0.29) is 24.8 Å². The number of ether oxygens (including phenoxy) is 1. The third kappa shape index (κ3) is 5.13. The smallest absolute Gasteiger partial charge is 0.253 e. The van der Waals surface area contributed by atoms with Gasteiger partial charge in [0, 0.05) is 23.0 Å². The van der Waals surface area contributed by atoms with Crippen molar-refractivity contribution in [2.24, 2.45) is 0 Å². The van der Waals surface area contributed by atoms with Gasteiger partial charge >= 0.3 is 0 Å². The van der Waals surface area contributed by atoms with Gasteiger partial charge in [0.2, 0.25) is 0 Å². The number of methoxy groups -OCH3 is 1. The number of aromatic nitrogens is 1. The molecular formula is C22H25N3O3S. The number of nitrogens with one attached hydrogen (secondary N) is 2. The van der Waals surface area contributed by atoms with Crippen molar-refractivity contribution in [3.63, 3.8) is 0 Å². The van der Waals surface area contributed by atoms with Crippen LogP contribution < -0.4 is 15.6 Å². The van der Waals surface area contributed by atoms with Crippen LogP contribution in [0.4, 0.5) is 0 Å². The minimum atomic E-state index is -0.176. The molecule has 152 valence electrons. The van der Waals surface area contributed by atoms with Gasteiger partial charge in [-0.3, -0.25) is 4.79 Å². The predicted octanol–water partition coefficient (Wildman–Crippen LogP) is 2.97. The summed E-state index contributed by atoms with van der Waals surface area (Å²) in [7, 11) is 1.61. The summed E-state index contributed by atoms with van der Waals surface area (Å²) < 4.78 is 5.27. The molecule has 0 radical (unpaired) electrons. The molecule has 0 fully saturated rings. The Morgan fingerprint density at radius 1 is 1.24 bits per heavy atom. The quantitative estimate of drug-likeness (QED) is 0.519. The maximum Gasteiger partial charge on any atom is 0.253 e. The minimum Gasteiger partial charge on any atom is -0.497 e. The number of nitrogens with zero attached hydrogens (tertiary/aromatic N) is 1. The van der Waals surface area contributed by atoms with Gasteiger partial charge in [0.05, 0.1) is 26.3 Å². The topological polar surface area (TPSA) is 77.6 Å². The second-order valence-electron chi connectivity index (χ2n) is 6.80. The van der Waals surface area contributed by atoms with Crippen molar-refractivity contribution in [1.82, 2.24) is 15.2 Å². The summed E-state index contributed by atoms with van der Waals surface area (Å²) in [6.07, 6.45) is 0. The standard InChI is InChI=1S/C22H25N3O3S/c1-15(16-6-4-3-5-7-16)23-22(29)25(10-11-26)14-18-12-17-13-19(28-2)8-9-20(17)24-21(18)27/h3-9,12-13,15,26H,10-11,14H2,1-2H3,(H,23,29)(H,24,27). The molecule has 3 N–H and O–H groups in total. The summed E-state index contributed by atoms with van der Waals surface area (Å²) in [5.41, 5.74) is 2.24. The third-order valence-corrected chi connectivity index (χ3v) is 5.16. The lowest BCUT2D eigenvalue weighted by atomic mass is 10.1. The zero-order valence-corrected chi connectivity index (χ0v) is 17.3. The van der Waals surface area contributed by atoms with Crippen LogP contribution in [0.3, 0.4) is 0 Å². The molecule has 2 aromatic carbocycles. The number of thiocarbonyl (C=S) groups is 1. The van der Waals surface area contributed by atoms with Crippen LogP contribution in [0.25, 0.3) is 10.9 Å². The van der Waals surface area contributed by atoms with Gasteiger partial charge in [0.25, 0.3) is 5.56 Å². The van der Waals surface area contributed by atoms with Crippen molar-refractivity contribution in [1.29, 1.82) is 0 Å². The van der Waals surface area contributed by atoms with Crippen LogP contribution in [0.2, 0.25) is 0 Å². The van der Waals surface area contributed by atoms with Gasteiger partial charge in [-0.1, -0.05) is 30.3 Å². The Kier molecular flexibility index (Phi) is 6.85. The lowest BCUT2D eigenvalue weighted by Gasteiger charge is -2.27. The molecule has 1 heterocycles. The van der Waals surface area contributed by atoms with E-state index in [1.54, 1.807) is 18.1 Å². The molecule has 3 aromatic rings. The van der Waals surface area contributed by atoms with E-state index >= 15 is 0 Å². The molecule has 0 saturated carbocycles. The van der Waals surface area contributed by atoms with Crippen LogP contribution in [0.15, 0.2) is 59.4 Å². The van der Waals surface area contributed by atoms with E-state index < -0.39 is 0 Å². The Bertz CT molecular complexity index is 1040. The lowest BCUT2D eigenvalue weighted by Crippen LogP contribution is -2.42. The number of H-pyrrole nitrogens is 1. The monoisotopic (exact) mass is 411 g/mol. The van der Waals surface area contributed by atoms with E-state index in [0.29, 0.717) is 17.2 Å². The van der Waals surface area contributed by atoms with E-state index in [4.69, 9.17) is 17.0 Å². The first-order valence-corrected chi connectivity index (χ1v) is 9.84. The van der Waals surface area contributed by atoms with Crippen LogP contribution in [0.5, 0.6) is 5.75 Å². The molecule has 1 unspecified atom stereocenters. The first kappa shape index (κ1) is 20.8. The van der Waals surface area contributed by atoms with Crippen LogP contribution in [0, 0.1) is 0 Å². The number of aliphatic hydroxyl groups is 1. The van der Waals surface area contributed by atoms with E-state index in [1.807, 2.05) is 55.5 Å². The second kappa shape index (κ2) is 9.54. The second-order valence-corrected chi connectivity index (χ2v) is 7.19. The van der Waals surface area contributed by atoms with E-state index in [9.17, 15) is 9.90 Å². The number of benzene rings is 2. The number of fused-ring (bicyclic) bond motifs is 1. The zero-order chi connectivity index (χ0) is 20.8. The number of aromatic amines is 1. The molecule has 29 heavy (non-hydrogen) atoms. The highest BCUT2D eigenvalue weighted by molar-refractivity contribution is 7.80. The molecule has 1 aromatic heterocycles. The van der Waals surface area contributed by atoms with Gasteiger partial charge in [-0.25, -0.2) is 0 Å². The van der Waals surface area contributed by atoms with E-state index in [0.717, 1.165) is 22.2 Å². The van der Waals surface area contributed by atoms with Crippen LogP contribution in [0.1, 0.15) is 24.1 Å². The van der Waals surface area contributed by atoms with Crippen LogP contribution in [-0.2, 0) is 6.54 Å². The Morgan fingerprint density at radius 3 is 2.69 bits per heavy atom. The van der Waals surface area contributed by atoms with Gasteiger partial charge in [0.1, 0.15) is 5.75 Å². The largest absolute Gasteiger partial charge is 0.497 e. The van der Waals surface area contributed by atoms with Crippen molar-refractivity contribution >= 4 is 28.2 Å². The van der Waals surface area contributed by atoms with Gasteiger partial charge in [-0.15, -0.1) is 0 Å². The predicted molar refractivity (Wildman–Crippen MR) is 119 cm³/mol. The average molecular weight is 412 g/mol. The number of hydrogen-bond acceptors (Lipinski definition) is 4. The van der Waals surface area contributed by atoms with Crippen molar-refractivity contribution in [2.45, 2.75) is 19.5 Å². The Labute approximate surface area is 175 Å². The molecule has 6 nitrogen and oxygen atoms in total. The molecule has 0 aliphatic rings.